The van der Waals surface area contributed by atoms with E-state index in [0.29, 0.717) is 38.0 Å². The lowest BCUT2D eigenvalue weighted by molar-refractivity contribution is -0.137. The minimum atomic E-state index is -1.41. The number of methoxy groups -OCH3 is 2. The van der Waals surface area contributed by atoms with Crippen LogP contribution in [0.4, 0.5) is 24.1 Å². The number of ether oxygens (including phenoxy) is 2. The average molecular weight is 624 g/mol. The van der Waals surface area contributed by atoms with E-state index in [1.165, 1.54) is 13.2 Å². The zero-order valence-corrected chi connectivity index (χ0v) is 25.0. The van der Waals surface area contributed by atoms with Gasteiger partial charge in [-0.2, -0.15) is 0 Å². The van der Waals surface area contributed by atoms with Crippen molar-refractivity contribution in [2.45, 2.75) is 55.8 Å². The largest absolute Gasteiger partial charge is 0.466 e. The first-order chi connectivity index (χ1) is 21.6. The molecule has 2 atom stereocenters. The molecule has 2 aromatic rings. The predicted molar refractivity (Wildman–Crippen MR) is 158 cm³/mol. The Hall–Kier alpha value is -4.38. The van der Waals surface area contributed by atoms with Gasteiger partial charge >= 0.3 is 18.0 Å². The molecule has 2 heterocycles. The van der Waals surface area contributed by atoms with Crippen LogP contribution in [0.25, 0.3) is 4.85 Å². The standard InChI is InChI=1S/C32H35F2N5O6/c1-35-21-7-5-20(6-8-21)32(43)13-10-23(11-14-32)38-15-12-22(17-38)36-30(41)39-28(19-4-9-24(33)25(34)16-19)27(29(40)45-3)26(18-44-2)37-31(39)42/h4-9,16,22-23,28,43H,10-15,17-18H2,2-3H3,(H,36,41)(H,37,42). The number of likely N-dealkylation sites (tertiary alicyclic amines) is 1. The van der Waals surface area contributed by atoms with Crippen LogP contribution >= 0.6 is 0 Å². The third-order valence-corrected chi connectivity index (χ3v) is 8.89. The average Bonchev–Trinajstić information content (AvgIpc) is 3.50. The number of hydrogen-bond donors (Lipinski definition) is 3. The number of carbonyl (C=O) groups excluding carboxylic acids is 3. The maximum absolute atomic E-state index is 14.4. The molecule has 11 nitrogen and oxygen atoms in total. The SMILES string of the molecule is [C-]#[N+]c1ccc(C2(O)CCC(N3CCC(NC(=O)N4C(=O)NC(COC)=C(C(=O)OC)C4c4ccc(F)c(F)c4)C3)CC2)cc1. The number of imide groups is 1. The molecule has 238 valence electrons. The van der Waals surface area contributed by atoms with Crippen molar-refractivity contribution in [1.29, 1.82) is 0 Å². The maximum Gasteiger partial charge on any atom is 0.338 e. The topological polar surface area (TPSA) is 125 Å². The zero-order valence-electron chi connectivity index (χ0n) is 25.0. The fourth-order valence-corrected chi connectivity index (χ4v) is 6.54. The Bertz CT molecular complexity index is 1530. The summed E-state index contributed by atoms with van der Waals surface area (Å²) in [7, 11) is 2.49. The number of hydrogen-bond acceptors (Lipinski definition) is 7. The molecular weight excluding hydrogens is 588 g/mol. The Morgan fingerprint density at radius 1 is 1.11 bits per heavy atom. The first-order valence-corrected chi connectivity index (χ1v) is 14.7. The number of urea groups is 2. The van der Waals surface area contributed by atoms with Gasteiger partial charge in [0.25, 0.3) is 0 Å². The summed E-state index contributed by atoms with van der Waals surface area (Å²) in [6, 6.07) is 6.70. The Morgan fingerprint density at radius 2 is 1.82 bits per heavy atom. The van der Waals surface area contributed by atoms with Gasteiger partial charge in [0.15, 0.2) is 17.3 Å². The quantitative estimate of drug-likeness (QED) is 0.311. The number of amides is 4. The molecule has 0 bridgehead atoms. The number of nitrogens with one attached hydrogen (secondary N) is 2. The number of nitrogens with zero attached hydrogens (tertiary/aromatic N) is 3. The highest BCUT2D eigenvalue weighted by Gasteiger charge is 2.44. The van der Waals surface area contributed by atoms with Gasteiger partial charge in [0, 0.05) is 32.3 Å². The van der Waals surface area contributed by atoms with Crippen molar-refractivity contribution in [2.24, 2.45) is 0 Å². The molecule has 2 unspecified atom stereocenters. The van der Waals surface area contributed by atoms with E-state index < -0.39 is 41.3 Å². The molecule has 0 spiro atoms. The Kier molecular flexibility index (Phi) is 9.48. The van der Waals surface area contributed by atoms with E-state index in [2.05, 4.69) is 20.4 Å². The van der Waals surface area contributed by atoms with Gasteiger partial charge in [0.2, 0.25) is 0 Å². The summed E-state index contributed by atoms with van der Waals surface area (Å²) in [5.41, 5.74) is 0.246. The van der Waals surface area contributed by atoms with Crippen LogP contribution < -0.4 is 10.6 Å². The highest BCUT2D eigenvalue weighted by molar-refractivity contribution is 6.01. The second-order valence-corrected chi connectivity index (χ2v) is 11.5. The third-order valence-electron chi connectivity index (χ3n) is 8.89. The molecule has 1 saturated carbocycles. The Labute approximate surface area is 259 Å². The molecule has 3 N–H and O–H groups in total. The number of carbonyl (C=O) groups is 3. The Morgan fingerprint density at radius 3 is 2.44 bits per heavy atom. The molecule has 1 aliphatic carbocycles. The van der Waals surface area contributed by atoms with Crippen LogP contribution in [-0.2, 0) is 19.9 Å². The summed E-state index contributed by atoms with van der Waals surface area (Å²) < 4.78 is 38.3. The van der Waals surface area contributed by atoms with Crippen molar-refractivity contribution in [2.75, 3.05) is 33.9 Å². The lowest BCUT2D eigenvalue weighted by Crippen LogP contribution is -2.57. The van der Waals surface area contributed by atoms with Gasteiger partial charge < -0.3 is 25.2 Å². The van der Waals surface area contributed by atoms with Gasteiger partial charge in [-0.1, -0.05) is 30.3 Å². The van der Waals surface area contributed by atoms with Crippen LogP contribution in [0.15, 0.2) is 53.7 Å². The van der Waals surface area contributed by atoms with Crippen molar-refractivity contribution >= 4 is 23.7 Å². The molecule has 45 heavy (non-hydrogen) atoms. The van der Waals surface area contributed by atoms with E-state index in [4.69, 9.17) is 16.0 Å². The zero-order chi connectivity index (χ0) is 32.3. The minimum Gasteiger partial charge on any atom is -0.466 e. The second-order valence-electron chi connectivity index (χ2n) is 11.5. The highest BCUT2D eigenvalue weighted by Crippen LogP contribution is 2.40. The number of benzene rings is 2. The van der Waals surface area contributed by atoms with E-state index in [9.17, 15) is 28.3 Å². The molecule has 0 aromatic heterocycles. The predicted octanol–water partition coefficient (Wildman–Crippen LogP) is 4.27. The second kappa shape index (κ2) is 13.3. The molecule has 3 aliphatic rings. The van der Waals surface area contributed by atoms with Crippen LogP contribution in [0.3, 0.4) is 0 Å². The smallest absolute Gasteiger partial charge is 0.338 e. The van der Waals surface area contributed by atoms with Crippen LogP contribution in [0.1, 0.15) is 49.3 Å². The molecule has 13 heteroatoms. The minimum absolute atomic E-state index is 0.000581. The summed E-state index contributed by atoms with van der Waals surface area (Å²) >= 11 is 0. The first kappa shape index (κ1) is 32.0. The maximum atomic E-state index is 14.4. The number of rotatable bonds is 7. The van der Waals surface area contributed by atoms with E-state index in [-0.39, 0.29) is 35.5 Å². The third kappa shape index (κ3) is 6.54. The molecule has 5 rings (SSSR count). The summed E-state index contributed by atoms with van der Waals surface area (Å²) in [4.78, 5) is 46.4. The first-order valence-electron chi connectivity index (χ1n) is 14.7. The molecule has 2 fully saturated rings. The summed E-state index contributed by atoms with van der Waals surface area (Å²) in [5, 5.41) is 16.7. The number of halogens is 2. The van der Waals surface area contributed by atoms with Gasteiger partial charge in [-0.05, 0) is 55.4 Å². The van der Waals surface area contributed by atoms with Crippen molar-refractivity contribution in [3.8, 4) is 0 Å². The van der Waals surface area contributed by atoms with E-state index >= 15 is 0 Å². The van der Waals surface area contributed by atoms with Gasteiger partial charge in [-0.25, -0.2) is 32.9 Å². The van der Waals surface area contributed by atoms with Crippen LogP contribution in [-0.4, -0.2) is 78.9 Å². The molecule has 1 saturated heterocycles. The van der Waals surface area contributed by atoms with Crippen LogP contribution in [0, 0.1) is 18.2 Å². The van der Waals surface area contributed by atoms with E-state index in [0.717, 1.165) is 42.5 Å². The van der Waals surface area contributed by atoms with Gasteiger partial charge in [-0.15, -0.1) is 0 Å². The summed E-state index contributed by atoms with van der Waals surface area (Å²) in [6.07, 6.45) is 3.19. The normalized spacial score (nSPS) is 25.5. The monoisotopic (exact) mass is 623 g/mol. The molecule has 2 aliphatic heterocycles. The molecular formula is C32H35F2N5O6. The van der Waals surface area contributed by atoms with Crippen molar-refractivity contribution < 1.29 is 37.7 Å². The summed E-state index contributed by atoms with van der Waals surface area (Å²) in [5.74, 6) is -3.20. The van der Waals surface area contributed by atoms with Crippen LogP contribution in [0.5, 0.6) is 0 Å². The van der Waals surface area contributed by atoms with Crippen molar-refractivity contribution in [3.63, 3.8) is 0 Å². The number of aliphatic hydroxyl groups is 1. The lowest BCUT2D eigenvalue weighted by Gasteiger charge is -2.40. The Balaban J connectivity index is 1.30. The van der Waals surface area contributed by atoms with Gasteiger partial charge in [-0.3, -0.25) is 4.90 Å². The molecule has 0 radical (unpaired) electrons. The van der Waals surface area contributed by atoms with Crippen molar-refractivity contribution in [3.05, 3.63) is 87.9 Å². The summed E-state index contributed by atoms with van der Waals surface area (Å²) in [6.45, 7) is 8.13. The molecule has 2 aromatic carbocycles. The molecule has 4 amide bonds. The fraction of sp³-hybridized carbons (Fsp3) is 0.438. The van der Waals surface area contributed by atoms with Crippen molar-refractivity contribution in [1.82, 2.24) is 20.4 Å². The van der Waals surface area contributed by atoms with E-state index in [1.807, 2.05) is 0 Å². The fourth-order valence-electron chi connectivity index (χ4n) is 6.54. The number of esters is 1. The lowest BCUT2D eigenvalue weighted by atomic mass is 9.77. The van der Waals surface area contributed by atoms with E-state index in [1.54, 1.807) is 24.3 Å². The van der Waals surface area contributed by atoms with Gasteiger partial charge in [0.05, 0.1) is 37.2 Å². The van der Waals surface area contributed by atoms with Crippen LogP contribution in [0.2, 0.25) is 0 Å². The van der Waals surface area contributed by atoms with Gasteiger partial charge in [0.1, 0.15) is 6.04 Å². The highest BCUT2D eigenvalue weighted by atomic mass is 19.2.